The molecule has 0 bridgehead atoms. The van der Waals surface area contributed by atoms with Crippen LogP contribution in [0, 0.1) is 24.2 Å². The van der Waals surface area contributed by atoms with Crippen molar-refractivity contribution in [3.8, 4) is 23.1 Å². The van der Waals surface area contributed by atoms with Gasteiger partial charge in [-0.3, -0.25) is 14.3 Å². The van der Waals surface area contributed by atoms with Gasteiger partial charge in [0, 0.05) is 23.9 Å². The molecule has 0 aliphatic heterocycles. The molecule has 0 amide bonds. The molecule has 4 aromatic rings. The lowest BCUT2D eigenvalue weighted by Crippen LogP contribution is -2.34. The number of nitriles is 1. The van der Waals surface area contributed by atoms with Crippen LogP contribution in [0.3, 0.4) is 0 Å². The summed E-state index contributed by atoms with van der Waals surface area (Å²) in [6.07, 6.45) is 5.35. The summed E-state index contributed by atoms with van der Waals surface area (Å²) in [5.41, 5.74) is 2.85. The van der Waals surface area contributed by atoms with Crippen LogP contribution in [0.2, 0.25) is 0 Å². The van der Waals surface area contributed by atoms with Crippen LogP contribution in [-0.4, -0.2) is 28.1 Å². The highest BCUT2D eigenvalue weighted by Gasteiger charge is 2.38. The second-order valence-electron chi connectivity index (χ2n) is 10.1. The zero-order valence-corrected chi connectivity index (χ0v) is 23.2. The van der Waals surface area contributed by atoms with E-state index in [1.165, 1.54) is 16.7 Å². The molecular weight excluding hydrogens is 524 g/mol. The van der Waals surface area contributed by atoms with Crippen LogP contribution in [0.4, 0.5) is 0 Å². The number of rotatable bonds is 9. The predicted octanol–water partition coefficient (Wildman–Crippen LogP) is 5.37. The van der Waals surface area contributed by atoms with Gasteiger partial charge in [0.1, 0.15) is 5.82 Å². The van der Waals surface area contributed by atoms with Crippen LogP contribution in [0.1, 0.15) is 61.3 Å². The summed E-state index contributed by atoms with van der Waals surface area (Å²) in [7, 11) is -4.42. The molecule has 9 heteroatoms. The minimum atomic E-state index is -4.42. The summed E-state index contributed by atoms with van der Waals surface area (Å²) in [5, 5.41) is 20.4. The number of unbranched alkanes of at least 4 members (excludes halogenated alkanes) is 1. The molecule has 0 spiro atoms. The Labute approximate surface area is 233 Å². The van der Waals surface area contributed by atoms with Crippen LogP contribution >= 0.6 is 0 Å². The molecule has 2 aromatic carbocycles. The number of benzene rings is 2. The van der Waals surface area contributed by atoms with Crippen LogP contribution in [0.25, 0.3) is 11.1 Å². The summed E-state index contributed by atoms with van der Waals surface area (Å²) in [4.78, 5) is 21.9. The SMILES string of the molecule is CCCCc1nc(O)c(S(=O)(=O)c2ccc(-c3cccnc3C)cc2)c(=O)n1C(c1cccc(C#N)c1)C1CC1. The maximum atomic E-state index is 14.1. The van der Waals surface area contributed by atoms with Crippen molar-refractivity contribution in [2.75, 3.05) is 0 Å². The van der Waals surface area contributed by atoms with E-state index in [2.05, 4.69) is 16.0 Å². The van der Waals surface area contributed by atoms with E-state index in [-0.39, 0.29) is 10.8 Å². The van der Waals surface area contributed by atoms with Gasteiger partial charge in [0.15, 0.2) is 4.90 Å². The fourth-order valence-corrected chi connectivity index (χ4v) is 6.48. The van der Waals surface area contributed by atoms with Crippen molar-refractivity contribution in [2.45, 2.75) is 61.8 Å². The van der Waals surface area contributed by atoms with Gasteiger partial charge in [-0.1, -0.05) is 43.7 Å². The first-order valence-corrected chi connectivity index (χ1v) is 14.9. The molecule has 2 heterocycles. The van der Waals surface area contributed by atoms with E-state index in [4.69, 9.17) is 0 Å². The van der Waals surface area contributed by atoms with E-state index in [0.717, 1.165) is 41.6 Å². The van der Waals surface area contributed by atoms with Crippen molar-refractivity contribution in [2.24, 2.45) is 5.92 Å². The summed E-state index contributed by atoms with van der Waals surface area (Å²) in [6.45, 7) is 3.88. The fourth-order valence-electron chi connectivity index (χ4n) is 5.14. The number of hydrogen-bond donors (Lipinski definition) is 1. The van der Waals surface area contributed by atoms with E-state index in [0.29, 0.717) is 24.2 Å². The maximum Gasteiger partial charge on any atom is 0.277 e. The predicted molar refractivity (Wildman–Crippen MR) is 151 cm³/mol. The van der Waals surface area contributed by atoms with E-state index in [1.54, 1.807) is 36.5 Å². The minimum Gasteiger partial charge on any atom is -0.492 e. The number of aromatic nitrogens is 3. The van der Waals surface area contributed by atoms with Gasteiger partial charge in [0.25, 0.3) is 5.56 Å². The molecule has 0 saturated heterocycles. The first kappa shape index (κ1) is 27.3. The number of hydrogen-bond acceptors (Lipinski definition) is 7. The van der Waals surface area contributed by atoms with Gasteiger partial charge in [-0.05, 0) is 73.6 Å². The monoisotopic (exact) mass is 554 g/mol. The molecule has 40 heavy (non-hydrogen) atoms. The molecule has 1 saturated carbocycles. The third-order valence-electron chi connectivity index (χ3n) is 7.34. The van der Waals surface area contributed by atoms with Crippen LogP contribution < -0.4 is 5.56 Å². The van der Waals surface area contributed by atoms with Gasteiger partial charge in [0.2, 0.25) is 15.7 Å². The van der Waals surface area contributed by atoms with Crippen LogP contribution in [0.15, 0.2) is 81.4 Å². The van der Waals surface area contributed by atoms with Gasteiger partial charge < -0.3 is 5.11 Å². The van der Waals surface area contributed by atoms with E-state index in [1.807, 2.05) is 32.0 Å². The molecule has 1 fully saturated rings. The third-order valence-corrected chi connectivity index (χ3v) is 9.13. The van der Waals surface area contributed by atoms with Gasteiger partial charge in [0.05, 0.1) is 22.6 Å². The van der Waals surface area contributed by atoms with Crippen molar-refractivity contribution in [1.29, 1.82) is 5.26 Å². The molecular formula is C31H30N4O4S. The average Bonchev–Trinajstić information content (AvgIpc) is 3.79. The zero-order valence-electron chi connectivity index (χ0n) is 22.4. The van der Waals surface area contributed by atoms with Crippen molar-refractivity contribution in [3.63, 3.8) is 0 Å². The number of pyridine rings is 1. The summed E-state index contributed by atoms with van der Waals surface area (Å²) >= 11 is 0. The Hall–Kier alpha value is -4.29. The summed E-state index contributed by atoms with van der Waals surface area (Å²) < 4.78 is 29.1. The highest BCUT2D eigenvalue weighted by molar-refractivity contribution is 7.91. The molecule has 204 valence electrons. The molecule has 1 aliphatic carbocycles. The number of nitrogens with zero attached hydrogens (tertiary/aromatic N) is 4. The fraction of sp³-hybridized carbons (Fsp3) is 0.290. The molecule has 2 aromatic heterocycles. The van der Waals surface area contributed by atoms with Crippen molar-refractivity contribution >= 4 is 9.84 Å². The lowest BCUT2D eigenvalue weighted by atomic mass is 9.99. The smallest absolute Gasteiger partial charge is 0.277 e. The Morgan fingerprint density at radius 2 is 1.88 bits per heavy atom. The lowest BCUT2D eigenvalue weighted by molar-refractivity contribution is 0.399. The summed E-state index contributed by atoms with van der Waals surface area (Å²) in [6, 6.07) is 18.6. The summed E-state index contributed by atoms with van der Waals surface area (Å²) in [5.74, 6) is -0.360. The third kappa shape index (κ3) is 5.15. The van der Waals surface area contributed by atoms with Crippen molar-refractivity contribution < 1.29 is 13.5 Å². The van der Waals surface area contributed by atoms with Crippen molar-refractivity contribution in [3.05, 3.63) is 99.9 Å². The highest BCUT2D eigenvalue weighted by atomic mass is 32.2. The van der Waals surface area contributed by atoms with E-state index in [9.17, 15) is 23.6 Å². The largest absolute Gasteiger partial charge is 0.492 e. The van der Waals surface area contributed by atoms with Gasteiger partial charge in [-0.15, -0.1) is 0 Å². The normalized spacial score (nSPS) is 14.0. The molecule has 0 radical (unpaired) electrons. The Morgan fingerprint density at radius 3 is 2.52 bits per heavy atom. The lowest BCUT2D eigenvalue weighted by Gasteiger charge is -2.24. The number of aromatic hydroxyl groups is 1. The Kier molecular flexibility index (Phi) is 7.55. The first-order valence-electron chi connectivity index (χ1n) is 13.4. The second kappa shape index (κ2) is 11.1. The molecule has 1 unspecified atom stereocenters. The maximum absolute atomic E-state index is 14.1. The number of aryl methyl sites for hydroxylation is 2. The number of sulfone groups is 1. The quantitative estimate of drug-likeness (QED) is 0.295. The molecule has 1 atom stereocenters. The molecule has 1 N–H and O–H groups in total. The topological polar surface area (TPSA) is 126 Å². The zero-order chi connectivity index (χ0) is 28.4. The van der Waals surface area contributed by atoms with Gasteiger partial charge in [-0.2, -0.15) is 10.2 Å². The van der Waals surface area contributed by atoms with Gasteiger partial charge >= 0.3 is 0 Å². The van der Waals surface area contributed by atoms with Crippen LogP contribution in [-0.2, 0) is 16.3 Å². The van der Waals surface area contributed by atoms with E-state index < -0.39 is 32.2 Å². The molecule has 8 nitrogen and oxygen atoms in total. The highest BCUT2D eigenvalue weighted by Crippen LogP contribution is 2.44. The molecule has 5 rings (SSSR count). The Balaban J connectivity index is 1.66. The Bertz CT molecular complexity index is 1770. The molecule has 1 aliphatic rings. The standard InChI is InChI=1S/C31H30N4O4S/c1-3-4-10-27-34-30(36)29(31(37)35(27)28(23-11-12-23)24-8-5-7-21(18-24)19-32)40(38,39)25-15-13-22(14-16-25)26-9-6-17-33-20(26)2/h5-9,13-18,23,28,36H,3-4,10-12H2,1-2H3. The van der Waals surface area contributed by atoms with Gasteiger partial charge in [-0.25, -0.2) is 8.42 Å². The van der Waals surface area contributed by atoms with E-state index >= 15 is 0 Å². The average molecular weight is 555 g/mol. The van der Waals surface area contributed by atoms with Crippen molar-refractivity contribution in [1.82, 2.24) is 14.5 Å². The van der Waals surface area contributed by atoms with Crippen LogP contribution in [0.5, 0.6) is 5.88 Å². The minimum absolute atomic E-state index is 0.0934. The second-order valence-corrected chi connectivity index (χ2v) is 12.0. The first-order chi connectivity index (χ1) is 19.3. The Morgan fingerprint density at radius 1 is 1.12 bits per heavy atom.